The third kappa shape index (κ3) is 6.80. The summed E-state index contributed by atoms with van der Waals surface area (Å²) < 4.78 is 1.81. The van der Waals surface area contributed by atoms with E-state index in [-0.39, 0.29) is 35.9 Å². The number of amides is 2. The second kappa shape index (κ2) is 13.3. The highest BCUT2D eigenvalue weighted by atomic mass is 32.2. The van der Waals surface area contributed by atoms with E-state index >= 15 is 0 Å². The van der Waals surface area contributed by atoms with Gasteiger partial charge in [0.05, 0.1) is 5.39 Å². The van der Waals surface area contributed by atoms with Crippen LogP contribution in [-0.2, 0) is 9.59 Å². The Balaban J connectivity index is 1.96. The van der Waals surface area contributed by atoms with Crippen LogP contribution in [0.5, 0.6) is 0 Å². The Bertz CT molecular complexity index is 1330. The summed E-state index contributed by atoms with van der Waals surface area (Å²) in [6, 6.07) is 1.62. The van der Waals surface area contributed by atoms with Gasteiger partial charge in [0.1, 0.15) is 20.1 Å². The van der Waals surface area contributed by atoms with Crippen molar-refractivity contribution in [2.45, 2.75) is 108 Å². The lowest BCUT2D eigenvalue weighted by atomic mass is 9.90. The molecule has 8 nitrogen and oxygen atoms in total. The third-order valence-electron chi connectivity index (χ3n) is 8.47. The standard InChI is InChI=1S/C30H45N5O3SSi/c1-19(2)40(20(3)4,21(5)6)15-14-22-16-28(38)35(29-25(22)18-31-30(33-29)39-9)24-12-10-23(11-13-24)32-26(36)17-27(37)34(7)8/h16,18-21,23-24H,10-13,17H2,1-9H3,(H,32,36). The number of thioether (sulfide) groups is 1. The maximum Gasteiger partial charge on any atom is 0.253 e. The Morgan fingerprint density at radius 2 is 1.70 bits per heavy atom. The van der Waals surface area contributed by atoms with Crippen molar-refractivity contribution in [1.29, 1.82) is 0 Å². The Hall–Kier alpha value is -2.64. The second-order valence-corrected chi connectivity index (χ2v) is 18.4. The number of carbonyl (C=O) groups excluding carboxylic acids is 2. The lowest BCUT2D eigenvalue weighted by Crippen LogP contribution is -2.43. The summed E-state index contributed by atoms with van der Waals surface area (Å²) in [5.41, 5.74) is 6.45. The summed E-state index contributed by atoms with van der Waals surface area (Å²) in [6.07, 6.45) is 6.51. The summed E-state index contributed by atoms with van der Waals surface area (Å²) in [5, 5.41) is 4.42. The average Bonchev–Trinajstić information content (AvgIpc) is 2.88. The molecular weight excluding hydrogens is 539 g/mol. The van der Waals surface area contributed by atoms with Gasteiger partial charge in [-0.1, -0.05) is 59.2 Å². The zero-order chi connectivity index (χ0) is 29.8. The fourth-order valence-electron chi connectivity index (χ4n) is 6.32. The van der Waals surface area contributed by atoms with Crippen LogP contribution < -0.4 is 10.9 Å². The molecule has 2 aromatic heterocycles. The molecule has 40 heavy (non-hydrogen) atoms. The first-order valence-electron chi connectivity index (χ1n) is 14.3. The van der Waals surface area contributed by atoms with Crippen LogP contribution in [0.3, 0.4) is 0 Å². The van der Waals surface area contributed by atoms with Crippen molar-refractivity contribution in [3.63, 3.8) is 0 Å². The highest BCUT2D eigenvalue weighted by Gasteiger charge is 2.41. The predicted octanol–water partition coefficient (Wildman–Crippen LogP) is 5.16. The van der Waals surface area contributed by atoms with E-state index < -0.39 is 8.07 Å². The average molecular weight is 584 g/mol. The fraction of sp³-hybridized carbons (Fsp3) is 0.633. The molecule has 2 amide bonds. The van der Waals surface area contributed by atoms with E-state index in [1.54, 1.807) is 20.2 Å². The van der Waals surface area contributed by atoms with E-state index in [0.29, 0.717) is 33.0 Å². The highest BCUT2D eigenvalue weighted by molar-refractivity contribution is 7.98. The smallest absolute Gasteiger partial charge is 0.253 e. The number of nitrogens with zero attached hydrogens (tertiary/aromatic N) is 4. The van der Waals surface area contributed by atoms with Crippen LogP contribution in [0.25, 0.3) is 11.0 Å². The molecule has 2 aromatic rings. The Labute approximate surface area is 244 Å². The molecule has 1 saturated carbocycles. The minimum absolute atomic E-state index is 0.0108. The molecule has 0 spiro atoms. The van der Waals surface area contributed by atoms with Crippen LogP contribution in [-0.4, -0.2) is 65.7 Å². The number of fused-ring (bicyclic) bond motifs is 1. The first-order valence-corrected chi connectivity index (χ1v) is 17.8. The van der Waals surface area contributed by atoms with Gasteiger partial charge in [-0.3, -0.25) is 19.0 Å². The molecule has 0 atom stereocenters. The largest absolute Gasteiger partial charge is 0.353 e. The Morgan fingerprint density at radius 3 is 2.23 bits per heavy atom. The van der Waals surface area contributed by atoms with Crippen LogP contribution in [0.4, 0.5) is 0 Å². The van der Waals surface area contributed by atoms with Gasteiger partial charge in [-0.05, 0) is 48.6 Å². The molecular formula is C30H45N5O3SSi. The molecule has 3 rings (SSSR count). The van der Waals surface area contributed by atoms with Crippen molar-refractivity contribution < 1.29 is 9.59 Å². The fourth-order valence-corrected chi connectivity index (χ4v) is 11.9. The van der Waals surface area contributed by atoms with Crippen molar-refractivity contribution in [2.75, 3.05) is 20.4 Å². The van der Waals surface area contributed by atoms with Crippen molar-refractivity contribution in [1.82, 2.24) is 24.8 Å². The first-order chi connectivity index (χ1) is 18.8. The van der Waals surface area contributed by atoms with E-state index in [4.69, 9.17) is 4.98 Å². The lowest BCUT2D eigenvalue weighted by molar-refractivity contribution is -0.134. The minimum Gasteiger partial charge on any atom is -0.353 e. The van der Waals surface area contributed by atoms with Crippen molar-refractivity contribution in [3.8, 4) is 11.5 Å². The number of rotatable bonds is 8. The molecule has 0 bridgehead atoms. The van der Waals surface area contributed by atoms with Gasteiger partial charge in [-0.25, -0.2) is 9.97 Å². The van der Waals surface area contributed by atoms with Gasteiger partial charge >= 0.3 is 0 Å². The highest BCUT2D eigenvalue weighted by Crippen LogP contribution is 2.41. The number of aromatic nitrogens is 3. The zero-order valence-electron chi connectivity index (χ0n) is 25.5. The van der Waals surface area contributed by atoms with Gasteiger partial charge in [0.2, 0.25) is 11.8 Å². The normalized spacial score (nSPS) is 17.7. The van der Waals surface area contributed by atoms with Crippen molar-refractivity contribution in [2.24, 2.45) is 0 Å². The molecule has 1 aliphatic carbocycles. The van der Waals surface area contributed by atoms with Gasteiger partial charge < -0.3 is 10.2 Å². The van der Waals surface area contributed by atoms with Gasteiger partial charge in [0.15, 0.2) is 5.16 Å². The summed E-state index contributed by atoms with van der Waals surface area (Å²) in [6.45, 7) is 13.7. The van der Waals surface area contributed by atoms with Crippen molar-refractivity contribution in [3.05, 3.63) is 28.2 Å². The zero-order valence-corrected chi connectivity index (χ0v) is 27.3. The van der Waals surface area contributed by atoms with Crippen LogP contribution in [0.2, 0.25) is 16.6 Å². The monoisotopic (exact) mass is 583 g/mol. The van der Waals surface area contributed by atoms with Gasteiger partial charge in [-0.15, -0.1) is 5.54 Å². The molecule has 0 radical (unpaired) electrons. The molecule has 218 valence electrons. The van der Waals surface area contributed by atoms with E-state index in [1.807, 2.05) is 17.0 Å². The number of hydrogen-bond donors (Lipinski definition) is 1. The molecule has 1 fully saturated rings. The topological polar surface area (TPSA) is 97.2 Å². The Kier molecular flexibility index (Phi) is 10.6. The summed E-state index contributed by atoms with van der Waals surface area (Å²) in [4.78, 5) is 48.6. The van der Waals surface area contributed by atoms with E-state index in [2.05, 4.69) is 63.3 Å². The van der Waals surface area contributed by atoms with Crippen molar-refractivity contribution >= 4 is 42.7 Å². The predicted molar refractivity (Wildman–Crippen MR) is 166 cm³/mol. The van der Waals surface area contributed by atoms with Gasteiger partial charge in [-0.2, -0.15) is 0 Å². The molecule has 1 N–H and O–H groups in total. The summed E-state index contributed by atoms with van der Waals surface area (Å²) in [7, 11) is 1.29. The second-order valence-electron chi connectivity index (χ2n) is 12.0. The summed E-state index contributed by atoms with van der Waals surface area (Å²) in [5.74, 6) is 2.99. The van der Waals surface area contributed by atoms with Crippen LogP contribution in [0.15, 0.2) is 22.2 Å². The SMILES string of the molecule is CSc1ncc2c(C#C[Si](C(C)C)(C(C)C)C(C)C)cc(=O)n(C3CCC(NC(=O)CC(=O)N(C)C)CC3)c2n1. The molecule has 2 heterocycles. The number of carbonyl (C=O) groups is 2. The number of nitrogens with one attached hydrogen (secondary N) is 1. The van der Waals surface area contributed by atoms with E-state index in [1.165, 1.54) is 16.7 Å². The molecule has 0 saturated heterocycles. The van der Waals surface area contributed by atoms with Crippen LogP contribution in [0.1, 0.15) is 85.3 Å². The van der Waals surface area contributed by atoms with Gasteiger partial charge in [0.25, 0.3) is 5.56 Å². The van der Waals surface area contributed by atoms with Gasteiger partial charge in [0, 0.05) is 44.0 Å². The maximum absolute atomic E-state index is 13.7. The summed E-state index contributed by atoms with van der Waals surface area (Å²) >= 11 is 1.45. The quantitative estimate of drug-likeness (QED) is 0.152. The first kappa shape index (κ1) is 31.9. The molecule has 0 unspecified atom stereocenters. The molecule has 10 heteroatoms. The molecule has 0 aliphatic heterocycles. The van der Waals surface area contributed by atoms with Crippen LogP contribution in [0, 0.1) is 11.5 Å². The van der Waals surface area contributed by atoms with Crippen LogP contribution >= 0.6 is 11.8 Å². The number of pyridine rings is 1. The Morgan fingerprint density at radius 1 is 1.10 bits per heavy atom. The van der Waals surface area contributed by atoms with E-state index in [0.717, 1.165) is 31.1 Å². The molecule has 0 aromatic carbocycles. The maximum atomic E-state index is 13.7. The van der Waals surface area contributed by atoms with E-state index in [9.17, 15) is 14.4 Å². The minimum atomic E-state index is -1.99. The molecule has 1 aliphatic rings. The third-order valence-corrected chi connectivity index (χ3v) is 15.3. The lowest BCUT2D eigenvalue weighted by Gasteiger charge is -2.38. The number of hydrogen-bond acceptors (Lipinski definition) is 6.